The predicted molar refractivity (Wildman–Crippen MR) is 66.5 cm³/mol. The van der Waals surface area contributed by atoms with E-state index in [1.165, 1.54) is 0 Å². The summed E-state index contributed by atoms with van der Waals surface area (Å²) in [5.41, 5.74) is 6.70. The highest BCUT2D eigenvalue weighted by Crippen LogP contribution is 2.19. The van der Waals surface area contributed by atoms with E-state index in [-0.39, 0.29) is 12.2 Å². The van der Waals surface area contributed by atoms with Crippen LogP contribution in [0.1, 0.15) is 39.0 Å². The second-order valence-electron chi connectivity index (χ2n) is 4.32. The first-order chi connectivity index (χ1) is 8.10. The third-order valence-corrected chi connectivity index (χ3v) is 2.81. The van der Waals surface area contributed by atoms with Crippen LogP contribution in [0.5, 0.6) is 0 Å². The summed E-state index contributed by atoms with van der Waals surface area (Å²) in [6.45, 7) is 6.95. The zero-order valence-electron chi connectivity index (χ0n) is 10.8. The van der Waals surface area contributed by atoms with E-state index in [2.05, 4.69) is 11.9 Å². The Morgan fingerprint density at radius 1 is 1.53 bits per heavy atom. The molecular formula is C12H23N3O2. The summed E-state index contributed by atoms with van der Waals surface area (Å²) < 4.78 is 7.80. The molecule has 0 aliphatic heterocycles. The standard InChI is InChI=1S/C12H23N3O2/c1-4-5-15-8-14-7-11(15)12(6-13)17-10(3)9(2)16/h7-10,12,16H,4-6,13H2,1-3H3. The van der Waals surface area contributed by atoms with Gasteiger partial charge in [-0.15, -0.1) is 0 Å². The number of rotatable bonds is 7. The first-order valence-corrected chi connectivity index (χ1v) is 6.13. The number of aliphatic hydroxyl groups is 1. The molecule has 98 valence electrons. The zero-order chi connectivity index (χ0) is 12.8. The molecular weight excluding hydrogens is 218 g/mol. The van der Waals surface area contributed by atoms with Crippen molar-refractivity contribution in [2.75, 3.05) is 6.54 Å². The van der Waals surface area contributed by atoms with Crippen LogP contribution in [0.4, 0.5) is 0 Å². The average molecular weight is 241 g/mol. The van der Waals surface area contributed by atoms with Crippen molar-refractivity contribution in [1.82, 2.24) is 9.55 Å². The molecule has 0 saturated carbocycles. The molecule has 0 amide bonds. The number of aromatic nitrogens is 2. The van der Waals surface area contributed by atoms with Crippen LogP contribution in [0.15, 0.2) is 12.5 Å². The molecule has 3 N–H and O–H groups in total. The molecule has 0 radical (unpaired) electrons. The topological polar surface area (TPSA) is 73.3 Å². The molecule has 0 spiro atoms. The Morgan fingerprint density at radius 2 is 2.24 bits per heavy atom. The summed E-state index contributed by atoms with van der Waals surface area (Å²) in [5.74, 6) is 0. The quantitative estimate of drug-likeness (QED) is 0.749. The van der Waals surface area contributed by atoms with Gasteiger partial charge in [-0.05, 0) is 20.3 Å². The summed E-state index contributed by atoms with van der Waals surface area (Å²) in [6.07, 6.45) is 3.64. The van der Waals surface area contributed by atoms with Crippen molar-refractivity contribution < 1.29 is 9.84 Å². The van der Waals surface area contributed by atoms with Crippen LogP contribution in [0, 0.1) is 0 Å². The number of aliphatic hydroxyl groups excluding tert-OH is 1. The molecule has 1 heterocycles. The van der Waals surface area contributed by atoms with Gasteiger partial charge in [0.25, 0.3) is 0 Å². The molecule has 5 nitrogen and oxygen atoms in total. The molecule has 0 bridgehead atoms. The van der Waals surface area contributed by atoms with Gasteiger partial charge in [-0.2, -0.15) is 0 Å². The van der Waals surface area contributed by atoms with Crippen LogP contribution in [-0.2, 0) is 11.3 Å². The van der Waals surface area contributed by atoms with E-state index in [9.17, 15) is 5.11 Å². The third kappa shape index (κ3) is 3.80. The largest absolute Gasteiger partial charge is 0.391 e. The summed E-state index contributed by atoms with van der Waals surface area (Å²) >= 11 is 0. The number of hydrogen-bond acceptors (Lipinski definition) is 4. The van der Waals surface area contributed by atoms with Crippen molar-refractivity contribution in [3.8, 4) is 0 Å². The van der Waals surface area contributed by atoms with Gasteiger partial charge in [0.2, 0.25) is 0 Å². The van der Waals surface area contributed by atoms with E-state index in [1.54, 1.807) is 19.4 Å². The van der Waals surface area contributed by atoms with E-state index < -0.39 is 6.10 Å². The normalized spacial score (nSPS) is 16.8. The Morgan fingerprint density at radius 3 is 2.76 bits per heavy atom. The van der Waals surface area contributed by atoms with Gasteiger partial charge in [-0.1, -0.05) is 6.92 Å². The van der Waals surface area contributed by atoms with Gasteiger partial charge >= 0.3 is 0 Å². The van der Waals surface area contributed by atoms with Crippen molar-refractivity contribution in [2.24, 2.45) is 5.73 Å². The predicted octanol–water partition coefficient (Wildman–Crippen LogP) is 1.08. The van der Waals surface area contributed by atoms with E-state index in [4.69, 9.17) is 10.5 Å². The monoisotopic (exact) mass is 241 g/mol. The number of nitrogens with zero attached hydrogens (tertiary/aromatic N) is 2. The highest BCUT2D eigenvalue weighted by molar-refractivity contribution is 5.04. The Labute approximate surface area is 103 Å². The maximum atomic E-state index is 9.45. The maximum absolute atomic E-state index is 9.45. The second kappa shape index (κ2) is 6.74. The molecule has 1 aromatic rings. The highest BCUT2D eigenvalue weighted by Gasteiger charge is 2.20. The Bertz CT molecular complexity index is 325. The van der Waals surface area contributed by atoms with Crippen molar-refractivity contribution in [2.45, 2.75) is 52.0 Å². The third-order valence-electron chi connectivity index (χ3n) is 2.81. The summed E-state index contributed by atoms with van der Waals surface area (Å²) in [4.78, 5) is 4.13. The molecule has 1 aromatic heterocycles. The number of nitrogens with two attached hydrogens (primary N) is 1. The average Bonchev–Trinajstić information content (AvgIpc) is 2.74. The fourth-order valence-corrected chi connectivity index (χ4v) is 1.65. The Kier molecular flexibility index (Phi) is 5.61. The minimum Gasteiger partial charge on any atom is -0.391 e. The molecule has 3 atom stereocenters. The maximum Gasteiger partial charge on any atom is 0.112 e. The SMILES string of the molecule is CCCn1cncc1C(CN)OC(C)C(C)O. The number of hydrogen-bond donors (Lipinski definition) is 2. The minimum atomic E-state index is -0.508. The van der Waals surface area contributed by atoms with Gasteiger partial charge in [-0.25, -0.2) is 4.98 Å². The van der Waals surface area contributed by atoms with Crippen LogP contribution in [0.25, 0.3) is 0 Å². The van der Waals surface area contributed by atoms with Crippen molar-refractivity contribution in [3.05, 3.63) is 18.2 Å². The summed E-state index contributed by atoms with van der Waals surface area (Å²) in [5, 5.41) is 9.45. The lowest BCUT2D eigenvalue weighted by molar-refractivity contribution is -0.0616. The molecule has 3 unspecified atom stereocenters. The smallest absolute Gasteiger partial charge is 0.112 e. The first-order valence-electron chi connectivity index (χ1n) is 6.13. The summed E-state index contributed by atoms with van der Waals surface area (Å²) in [7, 11) is 0. The fraction of sp³-hybridized carbons (Fsp3) is 0.750. The van der Waals surface area contributed by atoms with Gasteiger partial charge in [0.15, 0.2) is 0 Å². The van der Waals surface area contributed by atoms with E-state index >= 15 is 0 Å². The number of aryl methyl sites for hydroxylation is 1. The molecule has 17 heavy (non-hydrogen) atoms. The van der Waals surface area contributed by atoms with Crippen LogP contribution in [0.3, 0.4) is 0 Å². The lowest BCUT2D eigenvalue weighted by Gasteiger charge is -2.24. The second-order valence-corrected chi connectivity index (χ2v) is 4.32. The minimum absolute atomic E-state index is 0.214. The van der Waals surface area contributed by atoms with Crippen molar-refractivity contribution >= 4 is 0 Å². The Hall–Kier alpha value is -0.910. The van der Waals surface area contributed by atoms with Gasteiger partial charge in [0.05, 0.1) is 30.4 Å². The van der Waals surface area contributed by atoms with Crippen LogP contribution < -0.4 is 5.73 Å². The molecule has 0 aliphatic carbocycles. The van der Waals surface area contributed by atoms with Gasteiger partial charge in [0.1, 0.15) is 6.10 Å². The molecule has 0 fully saturated rings. The lowest BCUT2D eigenvalue weighted by atomic mass is 10.2. The Balaban J connectivity index is 2.75. The van der Waals surface area contributed by atoms with Gasteiger partial charge in [-0.3, -0.25) is 0 Å². The van der Waals surface area contributed by atoms with Crippen LogP contribution in [0.2, 0.25) is 0 Å². The highest BCUT2D eigenvalue weighted by atomic mass is 16.5. The van der Waals surface area contributed by atoms with Crippen LogP contribution in [-0.4, -0.2) is 33.4 Å². The lowest BCUT2D eigenvalue weighted by Crippen LogP contribution is -2.29. The molecule has 0 saturated heterocycles. The van der Waals surface area contributed by atoms with Crippen molar-refractivity contribution in [3.63, 3.8) is 0 Å². The number of ether oxygens (including phenoxy) is 1. The molecule has 0 aliphatic rings. The molecule has 5 heteroatoms. The van der Waals surface area contributed by atoms with E-state index in [1.807, 2.05) is 11.5 Å². The van der Waals surface area contributed by atoms with Gasteiger partial charge < -0.3 is 20.1 Å². The molecule has 1 rings (SSSR count). The summed E-state index contributed by atoms with van der Waals surface area (Å²) in [6, 6.07) is 0. The number of imidazole rings is 1. The van der Waals surface area contributed by atoms with Crippen LogP contribution >= 0.6 is 0 Å². The fourth-order valence-electron chi connectivity index (χ4n) is 1.65. The van der Waals surface area contributed by atoms with E-state index in [0.29, 0.717) is 6.54 Å². The van der Waals surface area contributed by atoms with E-state index in [0.717, 1.165) is 18.7 Å². The van der Waals surface area contributed by atoms with Gasteiger partial charge in [0, 0.05) is 13.1 Å². The molecule has 0 aromatic carbocycles. The zero-order valence-corrected chi connectivity index (χ0v) is 10.8. The van der Waals surface area contributed by atoms with Crippen molar-refractivity contribution in [1.29, 1.82) is 0 Å². The first kappa shape index (κ1) is 14.2.